The maximum atomic E-state index is 14.2. The second-order valence-electron chi connectivity index (χ2n) is 11.1. The fraction of sp³-hybridized carbons (Fsp3) is 0.387. The molecule has 2 aliphatic heterocycles. The minimum atomic E-state index is -1.05. The lowest BCUT2D eigenvalue weighted by Gasteiger charge is -2.47. The minimum Gasteiger partial charge on any atom is -0.467 e. The van der Waals surface area contributed by atoms with Gasteiger partial charge < -0.3 is 34.7 Å². The predicted molar refractivity (Wildman–Crippen MR) is 165 cm³/mol. The molecule has 2 fully saturated rings. The van der Waals surface area contributed by atoms with Gasteiger partial charge in [0, 0.05) is 45.1 Å². The Hall–Kier alpha value is -3.89. The van der Waals surface area contributed by atoms with Crippen LogP contribution in [0, 0.1) is 0 Å². The lowest BCUT2D eigenvalue weighted by molar-refractivity contribution is -0.150. The fourth-order valence-corrected chi connectivity index (χ4v) is 5.86. The molecule has 1 unspecified atom stereocenters. The van der Waals surface area contributed by atoms with Crippen molar-refractivity contribution < 1.29 is 14.0 Å². The number of benzene rings is 2. The Kier molecular flexibility index (Phi) is 8.60. The van der Waals surface area contributed by atoms with E-state index >= 15 is 0 Å². The van der Waals surface area contributed by atoms with E-state index in [2.05, 4.69) is 27.7 Å². The molecule has 0 spiro atoms. The molecule has 9 nitrogen and oxygen atoms in total. The molecule has 5 rings (SSSR count). The molecule has 2 aliphatic rings. The quantitative estimate of drug-likeness (QED) is 0.375. The summed E-state index contributed by atoms with van der Waals surface area (Å²) in [7, 11) is 5.99. The Labute approximate surface area is 247 Å². The highest BCUT2D eigenvalue weighted by Gasteiger charge is 2.48. The van der Waals surface area contributed by atoms with Crippen molar-refractivity contribution in [1.82, 2.24) is 20.0 Å². The number of piperidine rings is 1. The molecule has 10 heteroatoms. The van der Waals surface area contributed by atoms with Gasteiger partial charge >= 0.3 is 0 Å². The SMILES string of the molecule is CN1CCC(C(=O)Nc2ccc(N(C)C)cc2)(N(Cc2ccco2)C(=O)CN2CC(c3ccccc3)NC2=S)CC1. The first-order valence-corrected chi connectivity index (χ1v) is 14.4. The van der Waals surface area contributed by atoms with E-state index in [9.17, 15) is 9.59 Å². The van der Waals surface area contributed by atoms with Crippen LogP contribution in [-0.4, -0.2) is 84.5 Å². The van der Waals surface area contributed by atoms with E-state index in [1.165, 1.54) is 0 Å². The molecule has 3 aromatic rings. The van der Waals surface area contributed by atoms with Crippen molar-refractivity contribution in [3.8, 4) is 0 Å². The summed E-state index contributed by atoms with van der Waals surface area (Å²) in [4.78, 5) is 36.3. The predicted octanol–water partition coefficient (Wildman–Crippen LogP) is 3.71. The molecular formula is C31H38N6O3S. The molecule has 0 saturated carbocycles. The zero-order valence-corrected chi connectivity index (χ0v) is 24.7. The summed E-state index contributed by atoms with van der Waals surface area (Å²) >= 11 is 5.64. The van der Waals surface area contributed by atoms with Gasteiger partial charge in [-0.05, 0) is 74.1 Å². The number of likely N-dealkylation sites (tertiary alicyclic amines) is 1. The molecule has 1 atom stereocenters. The first kappa shape index (κ1) is 28.6. The largest absolute Gasteiger partial charge is 0.467 e. The van der Waals surface area contributed by atoms with Crippen LogP contribution in [0.5, 0.6) is 0 Å². The Balaban J connectivity index is 1.41. The van der Waals surface area contributed by atoms with Gasteiger partial charge in [0.1, 0.15) is 11.3 Å². The molecule has 2 N–H and O–H groups in total. The number of nitrogens with one attached hydrogen (secondary N) is 2. The van der Waals surface area contributed by atoms with Crippen LogP contribution in [0.15, 0.2) is 77.4 Å². The van der Waals surface area contributed by atoms with E-state index < -0.39 is 5.54 Å². The van der Waals surface area contributed by atoms with Gasteiger partial charge in [0.25, 0.3) is 0 Å². The number of anilines is 2. The third kappa shape index (κ3) is 6.39. The molecule has 0 radical (unpaired) electrons. The number of amides is 2. The molecule has 1 aromatic heterocycles. The Bertz CT molecular complexity index is 1340. The highest BCUT2D eigenvalue weighted by Crippen LogP contribution is 2.33. The summed E-state index contributed by atoms with van der Waals surface area (Å²) in [5.74, 6) is 0.276. The Morgan fingerprint density at radius 2 is 1.76 bits per heavy atom. The summed E-state index contributed by atoms with van der Waals surface area (Å²) in [6, 6.07) is 21.4. The number of rotatable bonds is 9. The van der Waals surface area contributed by atoms with Gasteiger partial charge in [-0.3, -0.25) is 9.59 Å². The van der Waals surface area contributed by atoms with Crippen LogP contribution >= 0.6 is 12.2 Å². The summed E-state index contributed by atoms with van der Waals surface area (Å²) in [6.45, 7) is 2.21. The fourth-order valence-electron chi connectivity index (χ4n) is 5.58. The third-order valence-corrected chi connectivity index (χ3v) is 8.48. The first-order valence-electron chi connectivity index (χ1n) is 14.0. The van der Waals surface area contributed by atoms with Gasteiger partial charge in [0.15, 0.2) is 5.11 Å². The summed E-state index contributed by atoms with van der Waals surface area (Å²) in [6.07, 6.45) is 2.61. The van der Waals surface area contributed by atoms with E-state index in [0.29, 0.717) is 49.0 Å². The zero-order valence-electron chi connectivity index (χ0n) is 23.9. The number of nitrogens with zero attached hydrogens (tertiary/aromatic N) is 4. The molecule has 2 saturated heterocycles. The zero-order chi connectivity index (χ0) is 29.0. The standard InChI is InChI=1S/C31H38N6O3S/c1-34(2)25-13-11-24(12-14-25)32-29(39)31(15-17-35(3)18-16-31)37(20-26-10-7-19-40-26)28(38)22-36-21-27(33-30(36)41)23-8-5-4-6-9-23/h4-14,19,27H,15-18,20-22H2,1-3H3,(H,32,39)(H,33,41). The van der Waals surface area contributed by atoms with Gasteiger partial charge in [0.05, 0.1) is 25.4 Å². The van der Waals surface area contributed by atoms with Crippen molar-refractivity contribution in [2.45, 2.75) is 31.0 Å². The molecule has 0 bridgehead atoms. The van der Waals surface area contributed by atoms with Crippen LogP contribution in [0.3, 0.4) is 0 Å². The second kappa shape index (κ2) is 12.3. The average Bonchev–Trinajstić information content (AvgIpc) is 3.63. The van der Waals surface area contributed by atoms with Crippen molar-refractivity contribution in [1.29, 1.82) is 0 Å². The topological polar surface area (TPSA) is 84.3 Å². The lowest BCUT2D eigenvalue weighted by atomic mass is 9.84. The average molecular weight is 575 g/mol. The molecule has 0 aliphatic carbocycles. The van der Waals surface area contributed by atoms with Crippen molar-refractivity contribution in [2.24, 2.45) is 0 Å². The summed E-state index contributed by atoms with van der Waals surface area (Å²) in [5, 5.41) is 7.01. The van der Waals surface area contributed by atoms with Gasteiger partial charge in [-0.2, -0.15) is 0 Å². The molecule has 3 heterocycles. The van der Waals surface area contributed by atoms with Crippen molar-refractivity contribution in [2.75, 3.05) is 57.5 Å². The van der Waals surface area contributed by atoms with Crippen LogP contribution in [-0.2, 0) is 16.1 Å². The van der Waals surface area contributed by atoms with Crippen molar-refractivity contribution in [3.63, 3.8) is 0 Å². The summed E-state index contributed by atoms with van der Waals surface area (Å²) < 4.78 is 5.68. The molecule has 216 valence electrons. The van der Waals surface area contributed by atoms with E-state index in [0.717, 1.165) is 11.3 Å². The number of carbonyl (C=O) groups excluding carboxylic acids is 2. The lowest BCUT2D eigenvalue weighted by Crippen LogP contribution is -2.64. The van der Waals surface area contributed by atoms with Crippen LogP contribution in [0.25, 0.3) is 0 Å². The van der Waals surface area contributed by atoms with Crippen LogP contribution < -0.4 is 15.5 Å². The monoisotopic (exact) mass is 574 g/mol. The van der Waals surface area contributed by atoms with E-state index in [-0.39, 0.29) is 30.9 Å². The maximum Gasteiger partial charge on any atom is 0.250 e. The van der Waals surface area contributed by atoms with Gasteiger partial charge in [0.2, 0.25) is 11.8 Å². The first-order chi connectivity index (χ1) is 19.7. The van der Waals surface area contributed by atoms with Gasteiger partial charge in [-0.15, -0.1) is 0 Å². The smallest absolute Gasteiger partial charge is 0.250 e. The summed E-state index contributed by atoms with van der Waals surface area (Å²) in [5.41, 5.74) is 1.80. The van der Waals surface area contributed by atoms with Crippen molar-refractivity contribution >= 4 is 40.5 Å². The number of hydrogen-bond acceptors (Lipinski definition) is 6. The third-order valence-electron chi connectivity index (χ3n) is 8.11. The second-order valence-corrected chi connectivity index (χ2v) is 11.5. The van der Waals surface area contributed by atoms with E-state index in [4.69, 9.17) is 16.6 Å². The van der Waals surface area contributed by atoms with Crippen LogP contribution in [0.4, 0.5) is 11.4 Å². The molecule has 2 aromatic carbocycles. The molecular weight excluding hydrogens is 536 g/mol. The molecule has 41 heavy (non-hydrogen) atoms. The number of carbonyl (C=O) groups is 2. The molecule has 2 amide bonds. The van der Waals surface area contributed by atoms with Crippen LogP contribution in [0.2, 0.25) is 0 Å². The number of hydrogen-bond donors (Lipinski definition) is 2. The highest BCUT2D eigenvalue weighted by molar-refractivity contribution is 7.80. The van der Waals surface area contributed by atoms with Gasteiger partial charge in [-0.1, -0.05) is 30.3 Å². The Morgan fingerprint density at radius 3 is 2.39 bits per heavy atom. The number of furan rings is 1. The van der Waals surface area contributed by atoms with E-state index in [1.807, 2.05) is 79.5 Å². The minimum absolute atomic E-state index is 0.000694. The number of thiocarbonyl (C=S) groups is 1. The highest BCUT2D eigenvalue weighted by atomic mass is 32.1. The Morgan fingerprint density at radius 1 is 1.05 bits per heavy atom. The maximum absolute atomic E-state index is 14.2. The van der Waals surface area contributed by atoms with E-state index in [1.54, 1.807) is 17.2 Å². The van der Waals surface area contributed by atoms with Gasteiger partial charge in [-0.25, -0.2) is 0 Å². The van der Waals surface area contributed by atoms with Crippen molar-refractivity contribution in [3.05, 3.63) is 84.3 Å². The normalized spacial score (nSPS) is 18.6. The van der Waals surface area contributed by atoms with Crippen LogP contribution in [0.1, 0.15) is 30.2 Å².